The third-order valence-electron chi connectivity index (χ3n) is 9.95. The first kappa shape index (κ1) is 40.0. The lowest BCUT2D eigenvalue weighted by molar-refractivity contribution is 0.122. The van der Waals surface area contributed by atoms with Crippen molar-refractivity contribution in [1.82, 2.24) is 29.9 Å². The van der Waals surface area contributed by atoms with Gasteiger partial charge in [-0.25, -0.2) is 42.5 Å². The average molecular weight is 831 g/mol. The lowest BCUT2D eigenvalue weighted by Gasteiger charge is -2.28. The number of hydrogen-bond donors (Lipinski definition) is 1. The number of fused-ring (bicyclic) bond motifs is 2. The quantitative estimate of drug-likeness (QED) is 0.156. The SMILES string of the molecule is COc1cncc(-c2cnc(N3CCOCC3)cc2Nc2c(C)c(-c3cc(F)cc(F)c3)nc3ncccc23)c1.Cc1c(-c2cc(F)cc(F)c2)nc2ncccc2c1Cl. The first-order chi connectivity index (χ1) is 29.1. The minimum Gasteiger partial charge on any atom is -0.495 e. The Morgan fingerprint density at radius 2 is 1.27 bits per heavy atom. The Balaban J connectivity index is 0.000000208. The Labute approximate surface area is 346 Å². The van der Waals surface area contributed by atoms with E-state index >= 15 is 0 Å². The molecule has 0 unspecified atom stereocenters. The van der Waals surface area contributed by atoms with Crippen LogP contribution in [0.2, 0.25) is 5.02 Å². The van der Waals surface area contributed by atoms with Crippen molar-refractivity contribution in [3.63, 3.8) is 0 Å². The van der Waals surface area contributed by atoms with Gasteiger partial charge in [-0.05, 0) is 79.6 Å². The summed E-state index contributed by atoms with van der Waals surface area (Å²) in [6.45, 7) is 6.33. The summed E-state index contributed by atoms with van der Waals surface area (Å²) in [5, 5.41) is 5.57. The Bertz CT molecular complexity index is 2860. The van der Waals surface area contributed by atoms with Crippen molar-refractivity contribution in [1.29, 1.82) is 0 Å². The van der Waals surface area contributed by atoms with Crippen molar-refractivity contribution in [2.75, 3.05) is 43.6 Å². The molecule has 1 fully saturated rings. The largest absolute Gasteiger partial charge is 0.495 e. The standard InChI is InChI=1S/C30H26F2N6O2.C15H9ClF2N2/c1-18-28(19-10-21(31)13-22(32)11-19)37-30-24(4-3-5-34-30)29(18)36-26-14-27(38-6-8-40-9-7-38)35-17-25(26)20-12-23(39-2)16-33-15-20;1-8-13(16)12-3-2-4-19-15(12)20-14(8)9-5-10(17)7-11(18)6-9/h3-5,10-17H,6-9H2,1-2H3,(H,34,35,36,37);2-7H,1H3. The van der Waals surface area contributed by atoms with Gasteiger partial charge in [0.25, 0.3) is 0 Å². The van der Waals surface area contributed by atoms with Crippen LogP contribution in [-0.2, 0) is 4.74 Å². The number of pyridine rings is 6. The number of nitrogens with one attached hydrogen (secondary N) is 1. The van der Waals surface area contributed by atoms with E-state index in [9.17, 15) is 17.6 Å². The molecule has 7 heterocycles. The zero-order chi connectivity index (χ0) is 41.9. The van der Waals surface area contributed by atoms with Gasteiger partial charge in [-0.2, -0.15) is 0 Å². The molecule has 0 bridgehead atoms. The molecule has 1 N–H and O–H groups in total. The molecule has 1 aliphatic rings. The predicted molar refractivity (Wildman–Crippen MR) is 225 cm³/mol. The lowest BCUT2D eigenvalue weighted by Crippen LogP contribution is -2.36. The van der Waals surface area contributed by atoms with Crippen molar-refractivity contribution in [2.24, 2.45) is 0 Å². The predicted octanol–water partition coefficient (Wildman–Crippen LogP) is 10.5. The molecule has 1 saturated heterocycles. The van der Waals surface area contributed by atoms with Gasteiger partial charge in [0, 0.05) is 89.1 Å². The third kappa shape index (κ3) is 8.38. The van der Waals surface area contributed by atoms with Crippen LogP contribution in [0.4, 0.5) is 34.8 Å². The van der Waals surface area contributed by atoms with Gasteiger partial charge in [0.2, 0.25) is 0 Å². The maximum absolute atomic E-state index is 14.2. The molecule has 8 aromatic rings. The fourth-order valence-electron chi connectivity index (χ4n) is 7.00. The van der Waals surface area contributed by atoms with E-state index in [1.807, 2.05) is 37.4 Å². The highest BCUT2D eigenvalue weighted by Crippen LogP contribution is 2.39. The van der Waals surface area contributed by atoms with E-state index < -0.39 is 23.3 Å². The minimum atomic E-state index is -0.677. The highest BCUT2D eigenvalue weighted by atomic mass is 35.5. The zero-order valence-corrected chi connectivity index (χ0v) is 33.2. The van der Waals surface area contributed by atoms with Gasteiger partial charge in [0.05, 0.1) is 54.3 Å². The summed E-state index contributed by atoms with van der Waals surface area (Å²) >= 11 is 6.29. The van der Waals surface area contributed by atoms with Crippen LogP contribution in [0.5, 0.6) is 5.75 Å². The summed E-state index contributed by atoms with van der Waals surface area (Å²) in [4.78, 5) is 28.9. The van der Waals surface area contributed by atoms with Crippen molar-refractivity contribution in [3.05, 3.63) is 143 Å². The third-order valence-corrected chi connectivity index (χ3v) is 10.4. The van der Waals surface area contributed by atoms with E-state index in [4.69, 9.17) is 26.1 Å². The summed E-state index contributed by atoms with van der Waals surface area (Å²) in [5.74, 6) is -1.25. The molecule has 0 atom stereocenters. The number of hydrogen-bond acceptors (Lipinski definition) is 10. The molecule has 0 spiro atoms. The number of nitrogens with zero attached hydrogens (tertiary/aromatic N) is 7. The van der Waals surface area contributed by atoms with Crippen LogP contribution in [-0.4, -0.2) is 63.3 Å². The van der Waals surface area contributed by atoms with Crippen LogP contribution in [0.1, 0.15) is 11.1 Å². The van der Waals surface area contributed by atoms with Gasteiger partial charge in [0.1, 0.15) is 34.8 Å². The molecular weight excluding hydrogens is 796 g/mol. The van der Waals surface area contributed by atoms with E-state index in [1.54, 1.807) is 51.0 Å². The van der Waals surface area contributed by atoms with Crippen molar-refractivity contribution in [2.45, 2.75) is 13.8 Å². The minimum absolute atomic E-state index is 0.326. The van der Waals surface area contributed by atoms with Crippen LogP contribution >= 0.6 is 11.6 Å². The summed E-state index contributed by atoms with van der Waals surface area (Å²) in [6, 6.07) is 17.8. The fraction of sp³-hybridized carbons (Fsp3) is 0.156. The lowest BCUT2D eigenvalue weighted by atomic mass is 10.0. The maximum Gasteiger partial charge on any atom is 0.161 e. The van der Waals surface area contributed by atoms with Crippen LogP contribution in [0.15, 0.2) is 104 Å². The van der Waals surface area contributed by atoms with Crippen molar-refractivity contribution >= 4 is 50.9 Å². The van der Waals surface area contributed by atoms with E-state index in [0.717, 1.165) is 53.2 Å². The molecule has 15 heteroatoms. The maximum atomic E-state index is 14.2. The second-order valence-electron chi connectivity index (χ2n) is 13.9. The smallest absolute Gasteiger partial charge is 0.161 e. The van der Waals surface area contributed by atoms with Crippen molar-refractivity contribution < 1.29 is 27.0 Å². The zero-order valence-electron chi connectivity index (χ0n) is 32.5. The monoisotopic (exact) mass is 830 g/mol. The van der Waals surface area contributed by atoms with E-state index in [1.165, 1.54) is 24.3 Å². The molecule has 0 saturated carbocycles. The summed E-state index contributed by atoms with van der Waals surface area (Å²) in [5.41, 5.74) is 6.89. The Hall–Kier alpha value is -6.77. The van der Waals surface area contributed by atoms with Gasteiger partial charge in [0.15, 0.2) is 11.3 Å². The second-order valence-corrected chi connectivity index (χ2v) is 14.2. The molecule has 60 heavy (non-hydrogen) atoms. The number of benzene rings is 2. The van der Waals surface area contributed by atoms with Crippen molar-refractivity contribution in [3.8, 4) is 39.4 Å². The van der Waals surface area contributed by atoms with Gasteiger partial charge < -0.3 is 19.7 Å². The Morgan fingerprint density at radius 3 is 1.88 bits per heavy atom. The molecular formula is C45H35ClF4N8O2. The summed E-state index contributed by atoms with van der Waals surface area (Å²) in [6.07, 6.45) is 8.43. The average Bonchev–Trinajstić information content (AvgIpc) is 3.25. The van der Waals surface area contributed by atoms with Crippen LogP contribution < -0.4 is 15.0 Å². The first-order valence-corrected chi connectivity index (χ1v) is 19.1. The Morgan fingerprint density at radius 1 is 0.683 bits per heavy atom. The number of methoxy groups -OCH3 is 1. The van der Waals surface area contributed by atoms with Gasteiger partial charge >= 0.3 is 0 Å². The highest BCUT2D eigenvalue weighted by Gasteiger charge is 2.20. The first-order valence-electron chi connectivity index (χ1n) is 18.7. The normalized spacial score (nSPS) is 12.6. The molecule has 2 aromatic carbocycles. The van der Waals surface area contributed by atoms with E-state index in [2.05, 4.69) is 35.1 Å². The number of anilines is 3. The number of morpholine rings is 1. The molecule has 0 aliphatic carbocycles. The van der Waals surface area contributed by atoms with Crippen LogP contribution in [0.3, 0.4) is 0 Å². The molecule has 10 nitrogen and oxygen atoms in total. The van der Waals surface area contributed by atoms with E-state index in [0.29, 0.717) is 80.0 Å². The number of ether oxygens (including phenoxy) is 2. The van der Waals surface area contributed by atoms with Crippen LogP contribution in [0.25, 0.3) is 55.7 Å². The number of aromatic nitrogens is 6. The highest BCUT2D eigenvalue weighted by molar-refractivity contribution is 6.36. The van der Waals surface area contributed by atoms with E-state index in [-0.39, 0.29) is 0 Å². The summed E-state index contributed by atoms with van der Waals surface area (Å²) < 4.78 is 66.0. The molecule has 0 amide bonds. The summed E-state index contributed by atoms with van der Waals surface area (Å²) in [7, 11) is 1.59. The molecule has 0 radical (unpaired) electrons. The van der Waals surface area contributed by atoms with Crippen LogP contribution in [0, 0.1) is 37.1 Å². The number of halogens is 5. The molecule has 1 aliphatic heterocycles. The topological polar surface area (TPSA) is 111 Å². The van der Waals surface area contributed by atoms with Gasteiger partial charge in [-0.1, -0.05) is 11.6 Å². The number of rotatable bonds is 7. The molecule has 302 valence electrons. The molecule has 9 rings (SSSR count). The van der Waals surface area contributed by atoms with Gasteiger partial charge in [-0.3, -0.25) is 4.98 Å². The Kier molecular flexibility index (Phi) is 11.5. The molecule has 6 aromatic heterocycles. The second kappa shape index (κ2) is 17.2. The van der Waals surface area contributed by atoms with Gasteiger partial charge in [-0.15, -0.1) is 0 Å². The fourth-order valence-corrected chi connectivity index (χ4v) is 7.24.